The SMILES string of the molecule is CC(C)CC(CO)Nc1ncccc1Br. The molecule has 0 radical (unpaired) electrons. The van der Waals surface area contributed by atoms with E-state index in [-0.39, 0.29) is 12.6 Å². The minimum atomic E-state index is 0.0659. The number of hydrogen-bond acceptors (Lipinski definition) is 3. The summed E-state index contributed by atoms with van der Waals surface area (Å²) >= 11 is 3.41. The van der Waals surface area contributed by atoms with Crippen molar-refractivity contribution in [3.63, 3.8) is 0 Å². The van der Waals surface area contributed by atoms with Gasteiger partial charge in [0.2, 0.25) is 0 Å². The van der Waals surface area contributed by atoms with Crippen molar-refractivity contribution in [1.82, 2.24) is 4.98 Å². The average Bonchev–Trinajstić information content (AvgIpc) is 2.19. The molecule has 0 aromatic carbocycles. The highest BCUT2D eigenvalue weighted by Crippen LogP contribution is 2.20. The molecule has 0 aliphatic heterocycles. The Hall–Kier alpha value is -0.610. The molecule has 0 fully saturated rings. The van der Waals surface area contributed by atoms with E-state index in [0.717, 1.165) is 16.7 Å². The van der Waals surface area contributed by atoms with Crippen molar-refractivity contribution < 1.29 is 5.11 Å². The van der Waals surface area contributed by atoms with Crippen molar-refractivity contribution in [3.8, 4) is 0 Å². The van der Waals surface area contributed by atoms with Gasteiger partial charge >= 0.3 is 0 Å². The van der Waals surface area contributed by atoms with Gasteiger partial charge in [-0.05, 0) is 40.4 Å². The molecule has 1 aromatic heterocycles. The molecule has 1 heterocycles. The van der Waals surface area contributed by atoms with Crippen LogP contribution in [0.5, 0.6) is 0 Å². The Morgan fingerprint density at radius 1 is 1.53 bits per heavy atom. The third kappa shape index (κ3) is 4.18. The summed E-state index contributed by atoms with van der Waals surface area (Å²) in [5.41, 5.74) is 0. The molecule has 15 heavy (non-hydrogen) atoms. The van der Waals surface area contributed by atoms with Crippen LogP contribution in [0.4, 0.5) is 5.82 Å². The van der Waals surface area contributed by atoms with Gasteiger partial charge in [0.25, 0.3) is 0 Å². The first kappa shape index (κ1) is 12.5. The standard InChI is InChI=1S/C11H17BrN2O/c1-8(2)6-9(7-15)14-11-10(12)4-3-5-13-11/h3-5,8-9,15H,6-7H2,1-2H3,(H,13,14). The van der Waals surface area contributed by atoms with Gasteiger partial charge in [-0.3, -0.25) is 0 Å². The number of nitrogens with zero attached hydrogens (tertiary/aromatic N) is 1. The van der Waals surface area contributed by atoms with E-state index in [1.807, 2.05) is 12.1 Å². The van der Waals surface area contributed by atoms with Gasteiger partial charge < -0.3 is 10.4 Å². The van der Waals surface area contributed by atoms with Gasteiger partial charge in [0.1, 0.15) is 5.82 Å². The van der Waals surface area contributed by atoms with Gasteiger partial charge in [0.15, 0.2) is 0 Å². The van der Waals surface area contributed by atoms with Crippen LogP contribution in [0.15, 0.2) is 22.8 Å². The van der Waals surface area contributed by atoms with E-state index in [4.69, 9.17) is 0 Å². The molecule has 1 atom stereocenters. The zero-order valence-electron chi connectivity index (χ0n) is 9.07. The Morgan fingerprint density at radius 2 is 2.27 bits per heavy atom. The maximum atomic E-state index is 9.22. The van der Waals surface area contributed by atoms with Crippen LogP contribution in [0.25, 0.3) is 0 Å². The monoisotopic (exact) mass is 272 g/mol. The molecule has 84 valence electrons. The summed E-state index contributed by atoms with van der Waals surface area (Å²) in [5.74, 6) is 1.34. The van der Waals surface area contributed by atoms with Crippen LogP contribution in [0.3, 0.4) is 0 Å². The van der Waals surface area contributed by atoms with Crippen LogP contribution in [-0.4, -0.2) is 22.7 Å². The number of aromatic nitrogens is 1. The summed E-state index contributed by atoms with van der Waals surface area (Å²) in [6.07, 6.45) is 2.66. The second-order valence-electron chi connectivity index (χ2n) is 3.99. The van der Waals surface area contributed by atoms with E-state index in [0.29, 0.717) is 5.92 Å². The van der Waals surface area contributed by atoms with E-state index in [2.05, 4.69) is 40.1 Å². The highest BCUT2D eigenvalue weighted by molar-refractivity contribution is 9.10. The van der Waals surface area contributed by atoms with Crippen molar-refractivity contribution in [3.05, 3.63) is 22.8 Å². The van der Waals surface area contributed by atoms with Crippen molar-refractivity contribution in [2.75, 3.05) is 11.9 Å². The second-order valence-corrected chi connectivity index (χ2v) is 4.84. The van der Waals surface area contributed by atoms with Crippen LogP contribution < -0.4 is 5.32 Å². The van der Waals surface area contributed by atoms with Gasteiger partial charge in [0.05, 0.1) is 17.1 Å². The second kappa shape index (κ2) is 6.08. The van der Waals surface area contributed by atoms with E-state index in [1.165, 1.54) is 0 Å². The van der Waals surface area contributed by atoms with Gasteiger partial charge in [0, 0.05) is 6.20 Å². The first-order valence-corrected chi connectivity index (χ1v) is 5.90. The van der Waals surface area contributed by atoms with Crippen LogP contribution in [-0.2, 0) is 0 Å². The number of aliphatic hydroxyl groups is 1. The first-order valence-electron chi connectivity index (χ1n) is 5.11. The molecule has 3 nitrogen and oxygen atoms in total. The van der Waals surface area contributed by atoms with Crippen LogP contribution in [0.2, 0.25) is 0 Å². The van der Waals surface area contributed by atoms with Gasteiger partial charge in [-0.1, -0.05) is 13.8 Å². The number of aliphatic hydroxyl groups excluding tert-OH is 1. The summed E-state index contributed by atoms with van der Waals surface area (Å²) in [7, 11) is 0. The van der Waals surface area contributed by atoms with Crippen molar-refractivity contribution in [2.45, 2.75) is 26.3 Å². The fraction of sp³-hybridized carbons (Fsp3) is 0.545. The Bertz CT molecular complexity index is 304. The number of hydrogen-bond donors (Lipinski definition) is 2. The number of nitrogens with one attached hydrogen (secondary N) is 1. The van der Waals surface area contributed by atoms with E-state index in [1.54, 1.807) is 6.20 Å². The third-order valence-electron chi connectivity index (χ3n) is 2.08. The molecule has 0 aliphatic carbocycles. The van der Waals surface area contributed by atoms with E-state index < -0.39 is 0 Å². The predicted molar refractivity (Wildman–Crippen MR) is 65.9 cm³/mol. The lowest BCUT2D eigenvalue weighted by Crippen LogP contribution is -2.26. The molecule has 1 rings (SSSR count). The van der Waals surface area contributed by atoms with E-state index >= 15 is 0 Å². The third-order valence-corrected chi connectivity index (χ3v) is 2.72. The molecule has 2 N–H and O–H groups in total. The number of halogens is 1. The maximum Gasteiger partial charge on any atom is 0.140 e. The highest BCUT2D eigenvalue weighted by Gasteiger charge is 2.11. The van der Waals surface area contributed by atoms with Gasteiger partial charge in [-0.15, -0.1) is 0 Å². The van der Waals surface area contributed by atoms with Gasteiger partial charge in [-0.25, -0.2) is 4.98 Å². The number of rotatable bonds is 5. The van der Waals surface area contributed by atoms with Gasteiger partial charge in [-0.2, -0.15) is 0 Å². The molecule has 0 spiro atoms. The maximum absolute atomic E-state index is 9.22. The number of anilines is 1. The molecule has 0 amide bonds. The van der Waals surface area contributed by atoms with Crippen molar-refractivity contribution >= 4 is 21.7 Å². The first-order chi connectivity index (χ1) is 7.13. The summed E-state index contributed by atoms with van der Waals surface area (Å²) in [6, 6.07) is 3.86. The lowest BCUT2D eigenvalue weighted by Gasteiger charge is -2.19. The fourth-order valence-corrected chi connectivity index (χ4v) is 1.80. The number of pyridine rings is 1. The molecule has 1 aromatic rings. The molecule has 4 heteroatoms. The molecule has 0 saturated carbocycles. The summed E-state index contributed by atoms with van der Waals surface area (Å²) in [4.78, 5) is 4.20. The Balaban J connectivity index is 2.62. The topological polar surface area (TPSA) is 45.1 Å². The summed E-state index contributed by atoms with van der Waals surface area (Å²) in [6.45, 7) is 4.40. The smallest absolute Gasteiger partial charge is 0.140 e. The van der Waals surface area contributed by atoms with Crippen molar-refractivity contribution in [1.29, 1.82) is 0 Å². The fourth-order valence-electron chi connectivity index (χ4n) is 1.43. The molecule has 0 bridgehead atoms. The lowest BCUT2D eigenvalue weighted by atomic mass is 10.0. The van der Waals surface area contributed by atoms with E-state index in [9.17, 15) is 5.11 Å². The van der Waals surface area contributed by atoms with Crippen LogP contribution in [0.1, 0.15) is 20.3 Å². The normalized spacial score (nSPS) is 12.9. The minimum Gasteiger partial charge on any atom is -0.394 e. The predicted octanol–water partition coefficient (Wildman–Crippen LogP) is 2.66. The molecule has 0 aliphatic rings. The Morgan fingerprint density at radius 3 is 2.80 bits per heavy atom. The van der Waals surface area contributed by atoms with Crippen molar-refractivity contribution in [2.24, 2.45) is 5.92 Å². The highest BCUT2D eigenvalue weighted by atomic mass is 79.9. The Kier molecular flexibility index (Phi) is 5.05. The quantitative estimate of drug-likeness (QED) is 0.867. The largest absolute Gasteiger partial charge is 0.394 e. The summed E-state index contributed by atoms with van der Waals surface area (Å²) in [5, 5.41) is 12.4. The molecular formula is C11H17BrN2O. The van der Waals surface area contributed by atoms with Crippen LogP contribution >= 0.6 is 15.9 Å². The zero-order valence-corrected chi connectivity index (χ0v) is 10.7. The zero-order chi connectivity index (χ0) is 11.3. The Labute approximate surface area is 99.1 Å². The summed E-state index contributed by atoms with van der Waals surface area (Å²) < 4.78 is 0.923. The van der Waals surface area contributed by atoms with Crippen LogP contribution in [0, 0.1) is 5.92 Å². The molecular weight excluding hydrogens is 256 g/mol. The lowest BCUT2D eigenvalue weighted by molar-refractivity contribution is 0.259. The molecule has 1 unspecified atom stereocenters. The average molecular weight is 273 g/mol. The molecule has 0 saturated heterocycles. The minimum absolute atomic E-state index is 0.0659.